The molecule has 2 nitrogen and oxygen atoms in total. The van der Waals surface area contributed by atoms with Gasteiger partial charge in [-0.3, -0.25) is 0 Å². The molecule has 1 aliphatic carbocycles. The Morgan fingerprint density at radius 1 is 1.36 bits per heavy atom. The number of aryl methyl sites for hydroxylation is 1. The second-order valence-corrected chi connectivity index (χ2v) is 4.68. The molecule has 3 heteroatoms. The van der Waals surface area contributed by atoms with Crippen molar-refractivity contribution in [3.05, 3.63) is 23.3 Å². The molecule has 2 rings (SSSR count). The van der Waals surface area contributed by atoms with Crippen LogP contribution in [-0.4, -0.2) is 15.3 Å². The standard InChI is InChI=1S/C11H15ClN2/c1-8(12)6-11-9-4-2-3-5-10(9)13-7-14-11/h7-8H,2-6H2,1H3. The number of alkyl halides is 1. The molecule has 0 spiro atoms. The number of fused-ring (bicyclic) bond motifs is 1. The minimum absolute atomic E-state index is 0.163. The van der Waals surface area contributed by atoms with E-state index < -0.39 is 0 Å². The van der Waals surface area contributed by atoms with E-state index >= 15 is 0 Å². The van der Waals surface area contributed by atoms with Crippen LogP contribution in [0.4, 0.5) is 0 Å². The van der Waals surface area contributed by atoms with Gasteiger partial charge in [0.25, 0.3) is 0 Å². The van der Waals surface area contributed by atoms with Crippen LogP contribution in [0.3, 0.4) is 0 Å². The fourth-order valence-electron chi connectivity index (χ4n) is 2.03. The van der Waals surface area contributed by atoms with Gasteiger partial charge >= 0.3 is 0 Å². The Kier molecular flexibility index (Phi) is 3.02. The molecule has 0 fully saturated rings. The predicted molar refractivity (Wildman–Crippen MR) is 57.7 cm³/mol. The second-order valence-electron chi connectivity index (χ2n) is 3.94. The van der Waals surface area contributed by atoms with E-state index in [4.69, 9.17) is 11.6 Å². The molecule has 1 aliphatic rings. The number of halogens is 1. The molecule has 14 heavy (non-hydrogen) atoms. The Hall–Kier alpha value is -0.630. The maximum absolute atomic E-state index is 5.99. The SMILES string of the molecule is CC(Cl)Cc1ncnc2c1CCCC2. The maximum atomic E-state index is 5.99. The van der Waals surface area contributed by atoms with Gasteiger partial charge in [-0.1, -0.05) is 0 Å². The van der Waals surface area contributed by atoms with Crippen molar-refractivity contribution in [2.75, 3.05) is 0 Å². The molecule has 0 aliphatic heterocycles. The van der Waals surface area contributed by atoms with Gasteiger partial charge in [-0.05, 0) is 38.2 Å². The van der Waals surface area contributed by atoms with Crippen molar-refractivity contribution in [3.63, 3.8) is 0 Å². The monoisotopic (exact) mass is 210 g/mol. The molecule has 1 unspecified atom stereocenters. The van der Waals surface area contributed by atoms with E-state index in [1.165, 1.54) is 24.1 Å². The first-order valence-corrected chi connectivity index (χ1v) is 5.66. The van der Waals surface area contributed by atoms with Crippen molar-refractivity contribution in [1.29, 1.82) is 0 Å². The van der Waals surface area contributed by atoms with Crippen LogP contribution < -0.4 is 0 Å². The van der Waals surface area contributed by atoms with Crippen LogP contribution in [-0.2, 0) is 19.3 Å². The van der Waals surface area contributed by atoms with Gasteiger partial charge < -0.3 is 0 Å². The molecule has 1 atom stereocenters. The van der Waals surface area contributed by atoms with Crippen LogP contribution >= 0.6 is 11.6 Å². The van der Waals surface area contributed by atoms with Gasteiger partial charge in [0, 0.05) is 23.2 Å². The first kappa shape index (κ1) is 9.91. The molecule has 0 aromatic carbocycles. The van der Waals surface area contributed by atoms with Crippen molar-refractivity contribution in [2.24, 2.45) is 0 Å². The zero-order valence-corrected chi connectivity index (χ0v) is 9.22. The number of nitrogens with zero attached hydrogens (tertiary/aromatic N) is 2. The molecule has 0 saturated carbocycles. The smallest absolute Gasteiger partial charge is 0.115 e. The summed E-state index contributed by atoms with van der Waals surface area (Å²) in [5.74, 6) is 0. The van der Waals surface area contributed by atoms with Crippen LogP contribution in [0.2, 0.25) is 0 Å². The molecule has 0 bridgehead atoms. The summed E-state index contributed by atoms with van der Waals surface area (Å²) in [7, 11) is 0. The zero-order valence-electron chi connectivity index (χ0n) is 8.46. The summed E-state index contributed by atoms with van der Waals surface area (Å²) in [6.45, 7) is 2.01. The molecule has 1 aromatic heterocycles. The normalized spacial score (nSPS) is 17.6. The van der Waals surface area contributed by atoms with Gasteiger partial charge in [-0.2, -0.15) is 0 Å². The molecule has 1 heterocycles. The molecular weight excluding hydrogens is 196 g/mol. The highest BCUT2D eigenvalue weighted by molar-refractivity contribution is 6.20. The van der Waals surface area contributed by atoms with Crippen molar-refractivity contribution < 1.29 is 0 Å². The summed E-state index contributed by atoms with van der Waals surface area (Å²) in [4.78, 5) is 8.67. The summed E-state index contributed by atoms with van der Waals surface area (Å²) in [6, 6.07) is 0. The lowest BCUT2D eigenvalue weighted by molar-refractivity contribution is 0.648. The van der Waals surface area contributed by atoms with E-state index in [0.29, 0.717) is 0 Å². The van der Waals surface area contributed by atoms with Crippen LogP contribution in [0, 0.1) is 0 Å². The number of hydrogen-bond acceptors (Lipinski definition) is 2. The van der Waals surface area contributed by atoms with E-state index in [0.717, 1.165) is 25.0 Å². The Morgan fingerprint density at radius 3 is 2.93 bits per heavy atom. The summed E-state index contributed by atoms with van der Waals surface area (Å²) < 4.78 is 0. The molecule has 0 amide bonds. The highest BCUT2D eigenvalue weighted by Crippen LogP contribution is 2.22. The van der Waals surface area contributed by atoms with Gasteiger partial charge in [0.15, 0.2) is 0 Å². The molecule has 0 radical (unpaired) electrons. The second kappa shape index (κ2) is 4.26. The summed E-state index contributed by atoms with van der Waals surface area (Å²) in [5, 5.41) is 0.163. The van der Waals surface area contributed by atoms with Crippen LogP contribution in [0.1, 0.15) is 36.7 Å². The van der Waals surface area contributed by atoms with E-state index in [2.05, 4.69) is 9.97 Å². The number of aromatic nitrogens is 2. The maximum Gasteiger partial charge on any atom is 0.115 e. The minimum Gasteiger partial charge on any atom is -0.241 e. The highest BCUT2D eigenvalue weighted by Gasteiger charge is 2.15. The van der Waals surface area contributed by atoms with Gasteiger partial charge in [0.05, 0.1) is 0 Å². The lowest BCUT2D eigenvalue weighted by Crippen LogP contribution is -2.12. The average molecular weight is 211 g/mol. The van der Waals surface area contributed by atoms with Crippen LogP contribution in [0.15, 0.2) is 6.33 Å². The first-order chi connectivity index (χ1) is 6.77. The first-order valence-electron chi connectivity index (χ1n) is 5.23. The Morgan fingerprint density at radius 2 is 2.14 bits per heavy atom. The Bertz CT molecular complexity index is 323. The fraction of sp³-hybridized carbons (Fsp3) is 0.636. The van der Waals surface area contributed by atoms with Crippen molar-refractivity contribution >= 4 is 11.6 Å². The zero-order chi connectivity index (χ0) is 9.97. The Balaban J connectivity index is 2.30. The quantitative estimate of drug-likeness (QED) is 0.702. The third-order valence-corrected chi connectivity index (χ3v) is 2.84. The lowest BCUT2D eigenvalue weighted by atomic mass is 9.93. The topological polar surface area (TPSA) is 25.8 Å². The van der Waals surface area contributed by atoms with Gasteiger partial charge in [0.1, 0.15) is 6.33 Å². The van der Waals surface area contributed by atoms with Crippen molar-refractivity contribution in [2.45, 2.75) is 44.4 Å². The van der Waals surface area contributed by atoms with Crippen molar-refractivity contribution in [3.8, 4) is 0 Å². The largest absolute Gasteiger partial charge is 0.241 e. The summed E-state index contributed by atoms with van der Waals surface area (Å²) in [6.07, 6.45) is 7.33. The molecule has 76 valence electrons. The highest BCUT2D eigenvalue weighted by atomic mass is 35.5. The lowest BCUT2D eigenvalue weighted by Gasteiger charge is -2.17. The van der Waals surface area contributed by atoms with E-state index in [-0.39, 0.29) is 5.38 Å². The van der Waals surface area contributed by atoms with Crippen LogP contribution in [0.5, 0.6) is 0 Å². The Labute approximate surface area is 89.7 Å². The number of hydrogen-bond donors (Lipinski definition) is 0. The van der Waals surface area contributed by atoms with Crippen LogP contribution in [0.25, 0.3) is 0 Å². The van der Waals surface area contributed by atoms with Gasteiger partial charge in [-0.25, -0.2) is 9.97 Å². The fourth-order valence-corrected chi connectivity index (χ4v) is 2.18. The van der Waals surface area contributed by atoms with E-state index in [1.54, 1.807) is 6.33 Å². The molecular formula is C11H15ClN2. The minimum atomic E-state index is 0.163. The van der Waals surface area contributed by atoms with E-state index in [9.17, 15) is 0 Å². The number of rotatable bonds is 2. The summed E-state index contributed by atoms with van der Waals surface area (Å²) >= 11 is 5.99. The third kappa shape index (κ3) is 2.06. The molecule has 0 N–H and O–H groups in total. The van der Waals surface area contributed by atoms with Crippen molar-refractivity contribution in [1.82, 2.24) is 9.97 Å². The van der Waals surface area contributed by atoms with Gasteiger partial charge in [-0.15, -0.1) is 11.6 Å². The third-order valence-electron chi connectivity index (χ3n) is 2.69. The molecule has 0 saturated heterocycles. The van der Waals surface area contributed by atoms with Gasteiger partial charge in [0.2, 0.25) is 0 Å². The predicted octanol–water partition coefficient (Wildman–Crippen LogP) is 2.53. The summed E-state index contributed by atoms with van der Waals surface area (Å²) in [5.41, 5.74) is 3.78. The average Bonchev–Trinajstić information content (AvgIpc) is 2.18. The molecule has 1 aromatic rings. The van der Waals surface area contributed by atoms with E-state index in [1.807, 2.05) is 6.92 Å².